The van der Waals surface area contributed by atoms with Crippen LogP contribution in [0.25, 0.3) is 0 Å². The van der Waals surface area contributed by atoms with E-state index in [9.17, 15) is 19.5 Å². The third kappa shape index (κ3) is 8.29. The molecule has 3 amide bonds. The summed E-state index contributed by atoms with van der Waals surface area (Å²) in [4.78, 5) is 40.7. The van der Waals surface area contributed by atoms with Crippen LogP contribution in [0.5, 0.6) is 5.75 Å². The third-order valence-corrected chi connectivity index (χ3v) is 4.95. The Balaban J connectivity index is 2.36. The minimum Gasteiger partial charge on any atom is -0.497 e. The molecular formula is C26H35N3O6. The Morgan fingerprint density at radius 2 is 1.66 bits per heavy atom. The van der Waals surface area contributed by atoms with Crippen molar-refractivity contribution in [3.8, 4) is 5.75 Å². The fourth-order valence-corrected chi connectivity index (χ4v) is 3.44. The fraction of sp³-hybridized carbons (Fsp3) is 0.423. The molecular weight excluding hydrogens is 450 g/mol. The number of benzene rings is 2. The number of anilines is 1. The molecule has 2 aromatic rings. The second kappa shape index (κ2) is 12.8. The van der Waals surface area contributed by atoms with Gasteiger partial charge in [0.05, 0.1) is 13.7 Å². The summed E-state index contributed by atoms with van der Waals surface area (Å²) in [5, 5.41) is 15.2. The SMILES string of the molecule is CCCN(C(=O)C(CO)NC(=O)OC(C)(C)C)C(C(=O)Nc1ccc(OC)cc1)c1ccccc1. The van der Waals surface area contributed by atoms with Gasteiger partial charge < -0.3 is 30.1 Å². The molecule has 0 bridgehead atoms. The summed E-state index contributed by atoms with van der Waals surface area (Å²) in [5.41, 5.74) is 0.349. The highest BCUT2D eigenvalue weighted by Gasteiger charge is 2.35. The lowest BCUT2D eigenvalue weighted by Crippen LogP contribution is -2.54. The van der Waals surface area contributed by atoms with E-state index in [2.05, 4.69) is 10.6 Å². The first-order chi connectivity index (χ1) is 16.6. The number of nitrogens with zero attached hydrogens (tertiary/aromatic N) is 1. The van der Waals surface area contributed by atoms with Crippen molar-refractivity contribution < 1.29 is 29.0 Å². The lowest BCUT2D eigenvalue weighted by Gasteiger charge is -2.34. The number of hydrogen-bond acceptors (Lipinski definition) is 6. The molecule has 0 aromatic heterocycles. The van der Waals surface area contributed by atoms with E-state index in [0.29, 0.717) is 23.4 Å². The minimum atomic E-state index is -1.28. The molecule has 0 fully saturated rings. The van der Waals surface area contributed by atoms with E-state index in [1.54, 1.807) is 76.4 Å². The number of amides is 3. The van der Waals surface area contributed by atoms with Crippen molar-refractivity contribution in [1.82, 2.24) is 10.2 Å². The van der Waals surface area contributed by atoms with Crippen LogP contribution in [0.3, 0.4) is 0 Å². The molecule has 2 aromatic carbocycles. The van der Waals surface area contributed by atoms with E-state index in [1.807, 2.05) is 13.0 Å². The second-order valence-electron chi connectivity index (χ2n) is 8.94. The van der Waals surface area contributed by atoms with Gasteiger partial charge in [-0.15, -0.1) is 0 Å². The molecule has 2 rings (SSSR count). The maximum atomic E-state index is 13.5. The number of carbonyl (C=O) groups is 3. The normalized spacial score (nSPS) is 12.7. The molecule has 9 nitrogen and oxygen atoms in total. The molecule has 35 heavy (non-hydrogen) atoms. The van der Waals surface area contributed by atoms with Gasteiger partial charge in [0.25, 0.3) is 5.91 Å². The predicted octanol–water partition coefficient (Wildman–Crippen LogP) is 3.50. The topological polar surface area (TPSA) is 117 Å². The predicted molar refractivity (Wildman–Crippen MR) is 133 cm³/mol. The van der Waals surface area contributed by atoms with Gasteiger partial charge in [-0.3, -0.25) is 9.59 Å². The molecule has 3 N–H and O–H groups in total. The fourth-order valence-electron chi connectivity index (χ4n) is 3.44. The number of aliphatic hydroxyl groups excluding tert-OH is 1. The van der Waals surface area contributed by atoms with Crippen LogP contribution in [-0.2, 0) is 14.3 Å². The summed E-state index contributed by atoms with van der Waals surface area (Å²) in [6.45, 7) is 6.53. The Morgan fingerprint density at radius 1 is 1.03 bits per heavy atom. The molecule has 2 unspecified atom stereocenters. The Hall–Kier alpha value is -3.59. The average molecular weight is 486 g/mol. The number of hydrogen-bond donors (Lipinski definition) is 3. The van der Waals surface area contributed by atoms with E-state index in [4.69, 9.17) is 9.47 Å². The van der Waals surface area contributed by atoms with Gasteiger partial charge in [0.2, 0.25) is 5.91 Å². The van der Waals surface area contributed by atoms with Gasteiger partial charge in [-0.2, -0.15) is 0 Å². The summed E-state index contributed by atoms with van der Waals surface area (Å²) in [6.07, 6.45) is -0.282. The highest BCUT2D eigenvalue weighted by molar-refractivity contribution is 5.99. The van der Waals surface area contributed by atoms with E-state index in [1.165, 1.54) is 4.90 Å². The van der Waals surface area contributed by atoms with Crippen LogP contribution in [0.15, 0.2) is 54.6 Å². The zero-order valence-electron chi connectivity index (χ0n) is 20.9. The van der Waals surface area contributed by atoms with Gasteiger partial charge in [-0.25, -0.2) is 4.79 Å². The van der Waals surface area contributed by atoms with Crippen LogP contribution < -0.4 is 15.4 Å². The molecule has 0 saturated carbocycles. The summed E-state index contributed by atoms with van der Waals surface area (Å²) < 4.78 is 10.4. The Bertz CT molecular complexity index is 973. The summed E-state index contributed by atoms with van der Waals surface area (Å²) in [5.74, 6) is -0.388. The molecule has 0 aliphatic heterocycles. The molecule has 190 valence electrons. The van der Waals surface area contributed by atoms with Gasteiger partial charge in [0.1, 0.15) is 23.4 Å². The van der Waals surface area contributed by atoms with Crippen LogP contribution >= 0.6 is 0 Å². The van der Waals surface area contributed by atoms with Crippen LogP contribution in [0.1, 0.15) is 45.7 Å². The van der Waals surface area contributed by atoms with Crippen molar-refractivity contribution in [2.75, 3.05) is 25.6 Å². The molecule has 0 spiro atoms. The first-order valence-corrected chi connectivity index (χ1v) is 11.5. The molecule has 0 saturated heterocycles. The van der Waals surface area contributed by atoms with Crippen molar-refractivity contribution >= 4 is 23.6 Å². The third-order valence-electron chi connectivity index (χ3n) is 4.95. The van der Waals surface area contributed by atoms with Crippen molar-refractivity contribution in [1.29, 1.82) is 0 Å². The number of carbonyl (C=O) groups excluding carboxylic acids is 3. The van der Waals surface area contributed by atoms with Crippen molar-refractivity contribution in [2.24, 2.45) is 0 Å². The Kier molecular flexibility index (Phi) is 10.1. The highest BCUT2D eigenvalue weighted by atomic mass is 16.6. The van der Waals surface area contributed by atoms with Crippen molar-refractivity contribution in [3.05, 3.63) is 60.2 Å². The number of rotatable bonds is 10. The number of aliphatic hydroxyl groups is 1. The number of alkyl carbamates (subject to hydrolysis) is 1. The lowest BCUT2D eigenvalue weighted by molar-refractivity contribution is -0.141. The number of nitrogens with one attached hydrogen (secondary N) is 2. The average Bonchev–Trinajstić information content (AvgIpc) is 2.82. The quantitative estimate of drug-likeness (QED) is 0.474. The maximum absolute atomic E-state index is 13.5. The van der Waals surface area contributed by atoms with Gasteiger partial charge in [-0.05, 0) is 57.0 Å². The van der Waals surface area contributed by atoms with Crippen LogP contribution in [-0.4, -0.2) is 59.8 Å². The minimum absolute atomic E-state index is 0.223. The molecule has 9 heteroatoms. The first-order valence-electron chi connectivity index (χ1n) is 11.5. The Labute approximate surface area is 206 Å². The standard InChI is InChI=1S/C26H35N3O6/c1-6-16-29(24(32)21(17-30)28-25(33)35-26(2,3)4)22(18-10-8-7-9-11-18)23(31)27-19-12-14-20(34-5)15-13-19/h7-15,21-22,30H,6,16-17H2,1-5H3,(H,27,31)(H,28,33). The molecule has 2 atom stereocenters. The van der Waals surface area contributed by atoms with Gasteiger partial charge >= 0.3 is 6.09 Å². The zero-order chi connectivity index (χ0) is 26.0. The summed E-state index contributed by atoms with van der Waals surface area (Å²) in [7, 11) is 1.55. The van der Waals surface area contributed by atoms with Crippen LogP contribution in [0, 0.1) is 0 Å². The first kappa shape index (κ1) is 27.7. The van der Waals surface area contributed by atoms with Crippen LogP contribution in [0.4, 0.5) is 10.5 Å². The van der Waals surface area contributed by atoms with Gasteiger partial charge in [0.15, 0.2) is 0 Å². The second-order valence-corrected chi connectivity index (χ2v) is 8.94. The van der Waals surface area contributed by atoms with Crippen LogP contribution in [0.2, 0.25) is 0 Å². The van der Waals surface area contributed by atoms with Crippen molar-refractivity contribution in [3.63, 3.8) is 0 Å². The summed E-state index contributed by atoms with van der Waals surface area (Å²) >= 11 is 0. The van der Waals surface area contributed by atoms with Gasteiger partial charge in [-0.1, -0.05) is 37.3 Å². The smallest absolute Gasteiger partial charge is 0.408 e. The van der Waals surface area contributed by atoms with E-state index in [-0.39, 0.29) is 6.54 Å². The lowest BCUT2D eigenvalue weighted by atomic mass is 10.0. The molecule has 0 aliphatic carbocycles. The number of methoxy groups -OCH3 is 1. The van der Waals surface area contributed by atoms with Gasteiger partial charge in [0, 0.05) is 12.2 Å². The summed E-state index contributed by atoms with van der Waals surface area (Å²) in [6, 6.07) is 13.4. The zero-order valence-corrected chi connectivity index (χ0v) is 20.9. The highest BCUT2D eigenvalue weighted by Crippen LogP contribution is 2.25. The van der Waals surface area contributed by atoms with E-state index >= 15 is 0 Å². The van der Waals surface area contributed by atoms with Crippen molar-refractivity contribution in [2.45, 2.75) is 51.8 Å². The molecule has 0 aliphatic rings. The molecule has 0 radical (unpaired) electrons. The monoisotopic (exact) mass is 485 g/mol. The van der Waals surface area contributed by atoms with E-state index in [0.717, 1.165) is 0 Å². The molecule has 0 heterocycles. The largest absolute Gasteiger partial charge is 0.497 e. The van der Waals surface area contributed by atoms with E-state index < -0.39 is 42.2 Å². The number of ether oxygens (including phenoxy) is 2. The maximum Gasteiger partial charge on any atom is 0.408 e. The Morgan fingerprint density at radius 3 is 2.17 bits per heavy atom.